The zero-order chi connectivity index (χ0) is 13.8. The van der Waals surface area contributed by atoms with Crippen LogP contribution in [0.25, 0.3) is 0 Å². The summed E-state index contributed by atoms with van der Waals surface area (Å²) in [6.45, 7) is 5.73. The Morgan fingerprint density at radius 2 is 2.00 bits per heavy atom. The Bertz CT molecular complexity index is 453. The molecule has 3 nitrogen and oxygen atoms in total. The minimum absolute atomic E-state index is 0.00641. The Hall–Kier alpha value is -1.08. The van der Waals surface area contributed by atoms with E-state index in [1.54, 1.807) is 0 Å². The maximum atomic E-state index is 12.3. The van der Waals surface area contributed by atoms with Crippen molar-refractivity contribution in [2.24, 2.45) is 29.6 Å². The molecule has 0 spiro atoms. The summed E-state index contributed by atoms with van der Waals surface area (Å²) in [7, 11) is 0. The molecule has 0 aliphatic heterocycles. The molecular formula is C16H22O3. The fourth-order valence-corrected chi connectivity index (χ4v) is 4.66. The van der Waals surface area contributed by atoms with Gasteiger partial charge >= 0.3 is 5.97 Å². The van der Waals surface area contributed by atoms with Gasteiger partial charge in [-0.2, -0.15) is 0 Å². The fraction of sp³-hybridized carbons (Fsp3) is 0.812. The fourth-order valence-electron chi connectivity index (χ4n) is 4.66. The predicted molar refractivity (Wildman–Crippen MR) is 71.0 cm³/mol. The number of carbonyl (C=O) groups excluding carboxylic acids is 2. The molecule has 0 aromatic carbocycles. The molecule has 2 bridgehead atoms. The lowest BCUT2D eigenvalue weighted by atomic mass is 9.74. The standard InChI is InChI=1S/C16H22O3/c1-16(2,3)19-15(18)13-7-10-6-12(13)14-9(8-17)4-5-11(10)14/h10-14H,4-7H2,1-3H3. The van der Waals surface area contributed by atoms with Crippen LogP contribution in [-0.4, -0.2) is 17.5 Å². The summed E-state index contributed by atoms with van der Waals surface area (Å²) < 4.78 is 5.54. The quantitative estimate of drug-likeness (QED) is 0.539. The van der Waals surface area contributed by atoms with E-state index in [0.29, 0.717) is 23.7 Å². The molecule has 0 radical (unpaired) electrons. The molecule has 0 saturated heterocycles. The summed E-state index contributed by atoms with van der Waals surface area (Å²) in [6, 6.07) is 0. The molecule has 0 amide bonds. The summed E-state index contributed by atoms with van der Waals surface area (Å²) in [6.07, 6.45) is 4.08. The van der Waals surface area contributed by atoms with E-state index in [2.05, 4.69) is 5.94 Å². The molecule has 0 heterocycles. The summed E-state index contributed by atoms with van der Waals surface area (Å²) in [5, 5.41) is 0. The minimum atomic E-state index is -0.419. The monoisotopic (exact) mass is 262 g/mol. The van der Waals surface area contributed by atoms with Gasteiger partial charge in [0, 0.05) is 5.57 Å². The van der Waals surface area contributed by atoms with E-state index >= 15 is 0 Å². The highest BCUT2D eigenvalue weighted by molar-refractivity contribution is 5.74. The third-order valence-corrected chi connectivity index (χ3v) is 5.17. The molecule has 0 aromatic rings. The number of rotatable bonds is 1. The molecule has 3 aliphatic carbocycles. The van der Waals surface area contributed by atoms with Crippen molar-refractivity contribution in [1.82, 2.24) is 0 Å². The highest BCUT2D eigenvalue weighted by Gasteiger charge is 2.58. The van der Waals surface area contributed by atoms with Crippen LogP contribution in [0.1, 0.15) is 46.5 Å². The lowest BCUT2D eigenvalue weighted by Gasteiger charge is -2.32. The van der Waals surface area contributed by atoms with Gasteiger partial charge < -0.3 is 4.74 Å². The van der Waals surface area contributed by atoms with Gasteiger partial charge in [-0.3, -0.25) is 4.79 Å². The van der Waals surface area contributed by atoms with Crippen molar-refractivity contribution in [2.45, 2.75) is 52.1 Å². The Kier molecular flexibility index (Phi) is 2.86. The van der Waals surface area contributed by atoms with Gasteiger partial charge in [0.2, 0.25) is 0 Å². The normalized spacial score (nSPS) is 40.2. The number of allylic oxidation sites excluding steroid dienone is 1. The first-order valence-electron chi connectivity index (χ1n) is 7.37. The van der Waals surface area contributed by atoms with Crippen LogP contribution < -0.4 is 0 Å². The molecule has 3 fully saturated rings. The molecule has 5 atom stereocenters. The molecule has 3 saturated carbocycles. The van der Waals surface area contributed by atoms with Crippen LogP contribution in [0.2, 0.25) is 0 Å². The van der Waals surface area contributed by atoms with Crippen LogP contribution in [0.15, 0.2) is 5.57 Å². The van der Waals surface area contributed by atoms with Gasteiger partial charge in [-0.05, 0) is 70.1 Å². The van der Waals surface area contributed by atoms with Crippen LogP contribution in [0.4, 0.5) is 0 Å². The number of hydrogen-bond donors (Lipinski definition) is 0. The molecule has 3 aliphatic rings. The second kappa shape index (κ2) is 4.21. The zero-order valence-electron chi connectivity index (χ0n) is 11.9. The largest absolute Gasteiger partial charge is 0.460 e. The lowest BCUT2D eigenvalue weighted by molar-refractivity contribution is -0.162. The third kappa shape index (κ3) is 2.04. The molecular weight excluding hydrogens is 240 g/mol. The van der Waals surface area contributed by atoms with E-state index in [0.717, 1.165) is 31.3 Å². The van der Waals surface area contributed by atoms with Gasteiger partial charge in [-0.25, -0.2) is 4.79 Å². The Labute approximate surface area is 114 Å². The van der Waals surface area contributed by atoms with Crippen molar-refractivity contribution < 1.29 is 14.3 Å². The predicted octanol–water partition coefficient (Wildman–Crippen LogP) is 2.77. The van der Waals surface area contributed by atoms with Crippen molar-refractivity contribution in [1.29, 1.82) is 0 Å². The maximum absolute atomic E-state index is 12.3. The van der Waals surface area contributed by atoms with Gasteiger partial charge in [-0.1, -0.05) is 0 Å². The Morgan fingerprint density at radius 1 is 1.26 bits per heavy atom. The molecule has 19 heavy (non-hydrogen) atoms. The van der Waals surface area contributed by atoms with Gasteiger partial charge in [0.25, 0.3) is 0 Å². The number of fused-ring (bicyclic) bond motifs is 5. The zero-order valence-corrected chi connectivity index (χ0v) is 11.9. The van der Waals surface area contributed by atoms with Crippen molar-refractivity contribution in [3.05, 3.63) is 5.57 Å². The van der Waals surface area contributed by atoms with Crippen molar-refractivity contribution in [3.8, 4) is 0 Å². The van der Waals surface area contributed by atoms with Crippen LogP contribution >= 0.6 is 0 Å². The minimum Gasteiger partial charge on any atom is -0.460 e. The van der Waals surface area contributed by atoms with Gasteiger partial charge in [0.05, 0.1) is 5.92 Å². The summed E-state index contributed by atoms with van der Waals surface area (Å²) in [4.78, 5) is 23.4. The summed E-state index contributed by atoms with van der Waals surface area (Å²) in [5.74, 6) is 4.02. The molecule has 0 N–H and O–H groups in total. The first kappa shape index (κ1) is 12.9. The van der Waals surface area contributed by atoms with E-state index in [1.807, 2.05) is 20.8 Å². The topological polar surface area (TPSA) is 43.4 Å². The second-order valence-electron chi connectivity index (χ2n) is 7.39. The highest BCUT2D eigenvalue weighted by Crippen LogP contribution is 2.62. The SMILES string of the molecule is CC(C)(C)OC(=O)C1CC2CC1C1C(=C=O)CCC21. The van der Waals surface area contributed by atoms with E-state index in [-0.39, 0.29) is 11.9 Å². The molecule has 104 valence electrons. The average Bonchev–Trinajstić information content (AvgIpc) is 2.97. The summed E-state index contributed by atoms with van der Waals surface area (Å²) in [5.41, 5.74) is 0.517. The van der Waals surface area contributed by atoms with Crippen molar-refractivity contribution >= 4 is 11.9 Å². The van der Waals surface area contributed by atoms with Crippen LogP contribution in [-0.2, 0) is 14.3 Å². The smallest absolute Gasteiger partial charge is 0.309 e. The van der Waals surface area contributed by atoms with E-state index < -0.39 is 5.60 Å². The van der Waals surface area contributed by atoms with E-state index in [1.165, 1.54) is 0 Å². The lowest BCUT2D eigenvalue weighted by Crippen LogP contribution is -2.35. The Balaban J connectivity index is 1.78. The third-order valence-electron chi connectivity index (χ3n) is 5.17. The molecule has 5 unspecified atom stereocenters. The summed E-state index contributed by atoms with van der Waals surface area (Å²) >= 11 is 0. The number of hydrogen-bond acceptors (Lipinski definition) is 3. The maximum Gasteiger partial charge on any atom is 0.309 e. The van der Waals surface area contributed by atoms with E-state index in [4.69, 9.17) is 4.74 Å². The first-order valence-corrected chi connectivity index (χ1v) is 7.37. The van der Waals surface area contributed by atoms with Gasteiger partial charge in [-0.15, -0.1) is 0 Å². The number of ether oxygens (including phenoxy) is 1. The molecule has 3 rings (SSSR count). The number of esters is 1. The molecule has 0 aromatic heterocycles. The van der Waals surface area contributed by atoms with Crippen molar-refractivity contribution in [2.75, 3.05) is 0 Å². The van der Waals surface area contributed by atoms with Gasteiger partial charge in [0.15, 0.2) is 0 Å². The number of carbonyl (C=O) groups is 1. The molecule has 3 heteroatoms. The first-order chi connectivity index (χ1) is 8.90. The average molecular weight is 262 g/mol. The van der Waals surface area contributed by atoms with Crippen LogP contribution in [0.3, 0.4) is 0 Å². The van der Waals surface area contributed by atoms with Gasteiger partial charge in [0.1, 0.15) is 11.5 Å². The van der Waals surface area contributed by atoms with Crippen LogP contribution in [0, 0.1) is 29.6 Å². The highest BCUT2D eigenvalue weighted by atomic mass is 16.6. The van der Waals surface area contributed by atoms with Crippen LogP contribution in [0.5, 0.6) is 0 Å². The van der Waals surface area contributed by atoms with Crippen molar-refractivity contribution in [3.63, 3.8) is 0 Å². The van der Waals surface area contributed by atoms with E-state index in [9.17, 15) is 9.59 Å². The second-order valence-corrected chi connectivity index (χ2v) is 7.39. The Morgan fingerprint density at radius 3 is 2.63 bits per heavy atom.